The number of imidazole rings is 1. The SMILES string of the molecule is Cn1c(=O)[nH]c(=O)n2c(CC(=O)NCc3ccccc3)cnc12. The number of nitrogens with one attached hydrogen (secondary N) is 2. The van der Waals surface area contributed by atoms with E-state index in [1.54, 1.807) is 0 Å². The van der Waals surface area contributed by atoms with Crippen molar-refractivity contribution in [2.24, 2.45) is 7.05 Å². The fraction of sp³-hybridized carbons (Fsp3) is 0.200. The van der Waals surface area contributed by atoms with Crippen LogP contribution < -0.4 is 16.7 Å². The van der Waals surface area contributed by atoms with E-state index in [9.17, 15) is 14.4 Å². The lowest BCUT2D eigenvalue weighted by molar-refractivity contribution is -0.120. The van der Waals surface area contributed by atoms with E-state index >= 15 is 0 Å². The molecule has 0 unspecified atom stereocenters. The zero-order chi connectivity index (χ0) is 16.4. The highest BCUT2D eigenvalue weighted by atomic mass is 16.2. The normalized spacial score (nSPS) is 10.8. The molecule has 0 aliphatic heterocycles. The number of aromatic nitrogens is 4. The van der Waals surface area contributed by atoms with Crippen LogP contribution in [0.5, 0.6) is 0 Å². The van der Waals surface area contributed by atoms with Crippen LogP contribution in [0.3, 0.4) is 0 Å². The molecule has 3 aromatic rings. The standard InChI is InChI=1S/C15H15N5O3/c1-19-13-17-9-11(20(13)15(23)18-14(19)22)7-12(21)16-8-10-5-3-2-4-6-10/h2-6,9H,7-8H2,1H3,(H,16,21)(H,18,22,23). The van der Waals surface area contributed by atoms with Crippen molar-refractivity contribution in [1.29, 1.82) is 0 Å². The average Bonchev–Trinajstić information content (AvgIpc) is 2.96. The number of H-pyrrole nitrogens is 1. The fourth-order valence-corrected chi connectivity index (χ4v) is 2.30. The average molecular weight is 313 g/mol. The van der Waals surface area contributed by atoms with Gasteiger partial charge in [-0.25, -0.2) is 19.0 Å². The van der Waals surface area contributed by atoms with Crippen molar-refractivity contribution in [2.45, 2.75) is 13.0 Å². The predicted molar refractivity (Wildman–Crippen MR) is 83.0 cm³/mol. The number of amides is 1. The molecule has 8 nitrogen and oxygen atoms in total. The van der Waals surface area contributed by atoms with Crippen LogP contribution in [0.25, 0.3) is 5.78 Å². The van der Waals surface area contributed by atoms with Crippen LogP contribution in [-0.4, -0.2) is 24.8 Å². The van der Waals surface area contributed by atoms with Crippen molar-refractivity contribution >= 4 is 11.7 Å². The number of nitrogens with zero attached hydrogens (tertiary/aromatic N) is 3. The molecule has 23 heavy (non-hydrogen) atoms. The first-order valence-electron chi connectivity index (χ1n) is 7.02. The topological polar surface area (TPSA) is 101 Å². The Kier molecular flexibility index (Phi) is 3.80. The Labute approximate surface area is 130 Å². The molecule has 0 fully saturated rings. The summed E-state index contributed by atoms with van der Waals surface area (Å²) in [6.45, 7) is 0.408. The largest absolute Gasteiger partial charge is 0.352 e. The Morgan fingerprint density at radius 1 is 1.22 bits per heavy atom. The molecule has 0 saturated heterocycles. The molecule has 2 N–H and O–H groups in total. The van der Waals surface area contributed by atoms with Crippen LogP contribution in [-0.2, 0) is 24.8 Å². The fourth-order valence-electron chi connectivity index (χ4n) is 2.30. The molecule has 0 aliphatic carbocycles. The Bertz CT molecular complexity index is 968. The number of carbonyl (C=O) groups excluding carboxylic acids is 1. The molecule has 2 heterocycles. The maximum Gasteiger partial charge on any atom is 0.336 e. The minimum atomic E-state index is -0.605. The number of fused-ring (bicyclic) bond motifs is 1. The summed E-state index contributed by atoms with van der Waals surface area (Å²) in [5.41, 5.74) is 0.251. The van der Waals surface area contributed by atoms with Crippen molar-refractivity contribution in [3.8, 4) is 0 Å². The summed E-state index contributed by atoms with van der Waals surface area (Å²) in [4.78, 5) is 41.7. The summed E-state index contributed by atoms with van der Waals surface area (Å²) in [5, 5.41) is 2.79. The van der Waals surface area contributed by atoms with E-state index in [4.69, 9.17) is 0 Å². The molecule has 0 bridgehead atoms. The lowest BCUT2D eigenvalue weighted by Crippen LogP contribution is -2.34. The molecule has 118 valence electrons. The first-order valence-corrected chi connectivity index (χ1v) is 7.02. The number of benzene rings is 1. The molecule has 1 amide bonds. The molecule has 0 aliphatic rings. The molecule has 1 aromatic carbocycles. The molecule has 2 aromatic heterocycles. The van der Waals surface area contributed by atoms with Gasteiger partial charge in [-0.1, -0.05) is 30.3 Å². The lowest BCUT2D eigenvalue weighted by Gasteiger charge is -2.05. The van der Waals surface area contributed by atoms with Gasteiger partial charge in [-0.2, -0.15) is 0 Å². The monoisotopic (exact) mass is 313 g/mol. The van der Waals surface area contributed by atoms with Gasteiger partial charge in [0.25, 0.3) is 0 Å². The Hall–Kier alpha value is -3.16. The first kappa shape index (κ1) is 14.8. The number of rotatable bonds is 4. The summed E-state index contributed by atoms with van der Waals surface area (Å²) in [5.74, 6) is -0.0338. The van der Waals surface area contributed by atoms with Gasteiger partial charge in [0.05, 0.1) is 18.3 Å². The summed E-state index contributed by atoms with van der Waals surface area (Å²) >= 11 is 0. The molecular formula is C15H15N5O3. The van der Waals surface area contributed by atoms with Crippen molar-refractivity contribution in [3.63, 3.8) is 0 Å². The highest BCUT2D eigenvalue weighted by Gasteiger charge is 2.13. The van der Waals surface area contributed by atoms with Crippen LogP contribution in [0.1, 0.15) is 11.3 Å². The smallest absolute Gasteiger partial charge is 0.336 e. The van der Waals surface area contributed by atoms with E-state index in [0.29, 0.717) is 12.2 Å². The Balaban J connectivity index is 1.79. The maximum atomic E-state index is 12.1. The molecule has 0 atom stereocenters. The zero-order valence-electron chi connectivity index (χ0n) is 12.4. The zero-order valence-corrected chi connectivity index (χ0v) is 12.4. The maximum absolute atomic E-state index is 12.1. The summed E-state index contributed by atoms with van der Waals surface area (Å²) in [6.07, 6.45) is 1.42. The van der Waals surface area contributed by atoms with E-state index in [2.05, 4.69) is 15.3 Å². The van der Waals surface area contributed by atoms with Gasteiger partial charge in [-0.15, -0.1) is 0 Å². The van der Waals surface area contributed by atoms with E-state index in [-0.39, 0.29) is 18.1 Å². The van der Waals surface area contributed by atoms with E-state index in [1.165, 1.54) is 22.2 Å². The van der Waals surface area contributed by atoms with Crippen LogP contribution in [0, 0.1) is 0 Å². The van der Waals surface area contributed by atoms with Crippen molar-refractivity contribution < 1.29 is 4.79 Å². The summed E-state index contributed by atoms with van der Waals surface area (Å²) in [6, 6.07) is 9.52. The van der Waals surface area contributed by atoms with Crippen molar-refractivity contribution in [1.82, 2.24) is 24.3 Å². The molecule has 3 rings (SSSR count). The van der Waals surface area contributed by atoms with Gasteiger partial charge in [0.2, 0.25) is 11.7 Å². The third kappa shape index (κ3) is 2.91. The van der Waals surface area contributed by atoms with E-state index in [0.717, 1.165) is 5.56 Å². The van der Waals surface area contributed by atoms with E-state index in [1.807, 2.05) is 30.3 Å². The van der Waals surface area contributed by atoms with Crippen LogP contribution in [0.4, 0.5) is 0 Å². The van der Waals surface area contributed by atoms with Gasteiger partial charge >= 0.3 is 11.4 Å². The quantitative estimate of drug-likeness (QED) is 0.683. The number of hydrogen-bond acceptors (Lipinski definition) is 4. The van der Waals surface area contributed by atoms with Crippen molar-refractivity contribution in [2.75, 3.05) is 0 Å². The predicted octanol–water partition coefficient (Wildman–Crippen LogP) is -0.420. The number of aromatic amines is 1. The second-order valence-electron chi connectivity index (χ2n) is 5.12. The first-order chi connectivity index (χ1) is 11.1. The van der Waals surface area contributed by atoms with Crippen molar-refractivity contribution in [3.05, 3.63) is 68.8 Å². The minimum absolute atomic E-state index is 0.00468. The molecule has 0 radical (unpaired) electrons. The van der Waals surface area contributed by atoms with Crippen LogP contribution >= 0.6 is 0 Å². The van der Waals surface area contributed by atoms with Gasteiger partial charge in [-0.3, -0.25) is 14.3 Å². The van der Waals surface area contributed by atoms with Gasteiger partial charge in [0, 0.05) is 13.6 Å². The van der Waals surface area contributed by atoms with Crippen LogP contribution in [0.2, 0.25) is 0 Å². The number of carbonyl (C=O) groups is 1. The van der Waals surface area contributed by atoms with Crippen LogP contribution in [0.15, 0.2) is 46.1 Å². The molecule has 8 heteroatoms. The second kappa shape index (κ2) is 5.91. The molecule has 0 saturated carbocycles. The number of hydrogen-bond donors (Lipinski definition) is 2. The second-order valence-corrected chi connectivity index (χ2v) is 5.12. The Morgan fingerprint density at radius 2 is 1.96 bits per heavy atom. The minimum Gasteiger partial charge on any atom is -0.352 e. The number of aryl methyl sites for hydroxylation is 1. The van der Waals surface area contributed by atoms with E-state index < -0.39 is 11.4 Å². The Morgan fingerprint density at radius 3 is 2.70 bits per heavy atom. The third-order valence-corrected chi connectivity index (χ3v) is 3.51. The summed E-state index contributed by atoms with van der Waals surface area (Å²) in [7, 11) is 1.50. The third-order valence-electron chi connectivity index (χ3n) is 3.51. The summed E-state index contributed by atoms with van der Waals surface area (Å²) < 4.78 is 2.44. The molecular weight excluding hydrogens is 298 g/mol. The lowest BCUT2D eigenvalue weighted by atomic mass is 10.2. The molecule has 0 spiro atoms. The highest BCUT2D eigenvalue weighted by molar-refractivity contribution is 5.78. The van der Waals surface area contributed by atoms with Gasteiger partial charge < -0.3 is 5.32 Å². The highest BCUT2D eigenvalue weighted by Crippen LogP contribution is 2.02. The van der Waals surface area contributed by atoms with Gasteiger partial charge in [0.1, 0.15) is 0 Å². The van der Waals surface area contributed by atoms with Gasteiger partial charge in [0.15, 0.2) is 0 Å². The van der Waals surface area contributed by atoms with Gasteiger partial charge in [-0.05, 0) is 5.56 Å².